The Balaban J connectivity index is 2.24. The molecule has 1 aliphatic rings. The lowest BCUT2D eigenvalue weighted by Crippen LogP contribution is -2.44. The van der Waals surface area contributed by atoms with Crippen molar-refractivity contribution in [3.63, 3.8) is 0 Å². The maximum Gasteiger partial charge on any atom is 0.135 e. The molecule has 0 unspecified atom stereocenters. The maximum absolute atomic E-state index is 9.70. The Morgan fingerprint density at radius 1 is 1.33 bits per heavy atom. The predicted molar refractivity (Wildman–Crippen MR) is 72.3 cm³/mol. The van der Waals surface area contributed by atoms with Crippen LogP contribution in [0.4, 0.5) is 11.6 Å². The van der Waals surface area contributed by atoms with Gasteiger partial charge in [-0.25, -0.2) is 9.97 Å². The summed E-state index contributed by atoms with van der Waals surface area (Å²) in [6.07, 6.45) is 7.77. The van der Waals surface area contributed by atoms with Crippen LogP contribution in [-0.4, -0.2) is 27.2 Å². The van der Waals surface area contributed by atoms with Gasteiger partial charge in [-0.1, -0.05) is 26.2 Å². The number of anilines is 2. The van der Waals surface area contributed by atoms with Crippen molar-refractivity contribution in [3.8, 4) is 0 Å². The minimum atomic E-state index is -0.233. The van der Waals surface area contributed by atoms with E-state index in [-0.39, 0.29) is 12.1 Å². The molecule has 0 amide bonds. The molecule has 1 saturated carbocycles. The highest BCUT2D eigenvalue weighted by Crippen LogP contribution is 2.32. The predicted octanol–water partition coefficient (Wildman–Crippen LogP) is 1.73. The second-order valence-electron chi connectivity index (χ2n) is 5.06. The highest BCUT2D eigenvalue weighted by molar-refractivity contribution is 5.56. The van der Waals surface area contributed by atoms with Crippen LogP contribution in [0.3, 0.4) is 0 Å². The van der Waals surface area contributed by atoms with Crippen molar-refractivity contribution in [3.05, 3.63) is 11.9 Å². The molecule has 0 spiro atoms. The number of nitrogens with two attached hydrogens (primary N) is 1. The minimum absolute atomic E-state index is 0.139. The third-order valence-corrected chi connectivity index (χ3v) is 3.83. The van der Waals surface area contributed by atoms with Crippen molar-refractivity contribution >= 4 is 11.6 Å². The van der Waals surface area contributed by atoms with Crippen LogP contribution in [0.15, 0.2) is 6.33 Å². The number of aliphatic hydroxyl groups excluding tert-OH is 1. The highest BCUT2D eigenvalue weighted by Gasteiger charge is 2.32. The van der Waals surface area contributed by atoms with Gasteiger partial charge in [-0.2, -0.15) is 0 Å². The average molecular weight is 250 g/mol. The summed E-state index contributed by atoms with van der Waals surface area (Å²) < 4.78 is 0. The lowest BCUT2D eigenvalue weighted by molar-refractivity contribution is 0.172. The van der Waals surface area contributed by atoms with Gasteiger partial charge in [0.1, 0.15) is 18.0 Å². The van der Waals surface area contributed by atoms with E-state index in [4.69, 9.17) is 5.73 Å². The molecule has 1 fully saturated rings. The first-order valence-electron chi connectivity index (χ1n) is 6.69. The van der Waals surface area contributed by atoms with E-state index in [0.717, 1.165) is 43.5 Å². The number of rotatable bonds is 4. The largest absolute Gasteiger partial charge is 0.394 e. The van der Waals surface area contributed by atoms with Gasteiger partial charge in [-0.05, 0) is 19.3 Å². The normalized spacial score (nSPS) is 18.6. The van der Waals surface area contributed by atoms with Crippen molar-refractivity contribution in [1.82, 2.24) is 9.97 Å². The first-order valence-corrected chi connectivity index (χ1v) is 6.69. The summed E-state index contributed by atoms with van der Waals surface area (Å²) in [4.78, 5) is 8.30. The number of nitrogens with zero attached hydrogens (tertiary/aromatic N) is 2. The van der Waals surface area contributed by atoms with Gasteiger partial charge in [-0.15, -0.1) is 0 Å². The molecule has 0 saturated heterocycles. The van der Waals surface area contributed by atoms with Crippen LogP contribution in [0, 0.1) is 0 Å². The van der Waals surface area contributed by atoms with E-state index in [1.54, 1.807) is 0 Å². The number of hydrogen-bond acceptors (Lipinski definition) is 5. The summed E-state index contributed by atoms with van der Waals surface area (Å²) in [7, 11) is 0. The second kappa shape index (κ2) is 5.52. The SMILES string of the molecule is CCc1c(N)ncnc1NC1(CO)CCCCC1. The lowest BCUT2D eigenvalue weighted by Gasteiger charge is -2.37. The van der Waals surface area contributed by atoms with Crippen LogP contribution in [0.5, 0.6) is 0 Å². The molecule has 0 aromatic carbocycles. The molecule has 5 nitrogen and oxygen atoms in total. The van der Waals surface area contributed by atoms with E-state index in [2.05, 4.69) is 15.3 Å². The fraction of sp³-hybridized carbons (Fsp3) is 0.692. The molecule has 0 bridgehead atoms. The molecule has 5 heteroatoms. The Morgan fingerprint density at radius 2 is 2.06 bits per heavy atom. The van der Waals surface area contributed by atoms with Gasteiger partial charge in [-0.3, -0.25) is 0 Å². The summed E-state index contributed by atoms with van der Waals surface area (Å²) in [5.41, 5.74) is 6.58. The van der Waals surface area contributed by atoms with Gasteiger partial charge in [0.15, 0.2) is 0 Å². The van der Waals surface area contributed by atoms with Crippen LogP contribution in [0.25, 0.3) is 0 Å². The summed E-state index contributed by atoms with van der Waals surface area (Å²) in [5, 5.41) is 13.1. The fourth-order valence-corrected chi connectivity index (χ4v) is 2.68. The van der Waals surface area contributed by atoms with Crippen molar-refractivity contribution in [2.75, 3.05) is 17.7 Å². The average Bonchev–Trinajstić information content (AvgIpc) is 2.40. The molecule has 0 atom stereocenters. The number of nitrogens with one attached hydrogen (secondary N) is 1. The molecule has 18 heavy (non-hydrogen) atoms. The molecule has 0 radical (unpaired) electrons. The third kappa shape index (κ3) is 2.56. The monoisotopic (exact) mass is 250 g/mol. The van der Waals surface area contributed by atoms with Gasteiger partial charge in [0.05, 0.1) is 12.1 Å². The maximum atomic E-state index is 9.70. The highest BCUT2D eigenvalue weighted by atomic mass is 16.3. The lowest BCUT2D eigenvalue weighted by atomic mass is 9.82. The van der Waals surface area contributed by atoms with E-state index in [0.29, 0.717) is 5.82 Å². The molecule has 1 heterocycles. The third-order valence-electron chi connectivity index (χ3n) is 3.83. The van der Waals surface area contributed by atoms with Crippen molar-refractivity contribution < 1.29 is 5.11 Å². The Morgan fingerprint density at radius 3 is 2.67 bits per heavy atom. The summed E-state index contributed by atoms with van der Waals surface area (Å²) >= 11 is 0. The van der Waals surface area contributed by atoms with Crippen LogP contribution >= 0.6 is 0 Å². The Kier molecular flexibility index (Phi) is 4.01. The molecule has 0 aliphatic heterocycles. The number of aromatic nitrogens is 2. The smallest absolute Gasteiger partial charge is 0.135 e. The first-order chi connectivity index (χ1) is 8.71. The van der Waals surface area contributed by atoms with E-state index in [1.165, 1.54) is 12.7 Å². The van der Waals surface area contributed by atoms with Gasteiger partial charge in [0, 0.05) is 5.56 Å². The molecule has 100 valence electrons. The zero-order valence-corrected chi connectivity index (χ0v) is 10.9. The number of aliphatic hydroxyl groups is 1. The van der Waals surface area contributed by atoms with E-state index >= 15 is 0 Å². The summed E-state index contributed by atoms with van der Waals surface area (Å²) in [6.45, 7) is 2.17. The molecular weight excluding hydrogens is 228 g/mol. The van der Waals surface area contributed by atoms with Crippen molar-refractivity contribution in [2.24, 2.45) is 0 Å². The standard InChI is InChI=1S/C13H22N4O/c1-2-10-11(14)15-9-16-12(10)17-13(8-18)6-4-3-5-7-13/h9,18H,2-8H2,1H3,(H3,14,15,16,17). The summed E-state index contributed by atoms with van der Waals surface area (Å²) in [6, 6.07) is 0. The van der Waals surface area contributed by atoms with Crippen LogP contribution < -0.4 is 11.1 Å². The zero-order valence-electron chi connectivity index (χ0n) is 10.9. The van der Waals surface area contributed by atoms with Crippen LogP contribution in [-0.2, 0) is 6.42 Å². The van der Waals surface area contributed by atoms with E-state index in [9.17, 15) is 5.11 Å². The first kappa shape index (κ1) is 13.1. The number of nitrogen functional groups attached to an aromatic ring is 1. The fourth-order valence-electron chi connectivity index (χ4n) is 2.68. The van der Waals surface area contributed by atoms with E-state index in [1.807, 2.05) is 6.92 Å². The van der Waals surface area contributed by atoms with Crippen molar-refractivity contribution in [2.45, 2.75) is 51.0 Å². The quantitative estimate of drug-likeness (QED) is 0.758. The Labute approximate surface area is 108 Å². The molecular formula is C13H22N4O. The molecule has 4 N–H and O–H groups in total. The summed E-state index contributed by atoms with van der Waals surface area (Å²) in [5.74, 6) is 1.31. The zero-order chi connectivity index (χ0) is 13.0. The van der Waals surface area contributed by atoms with Crippen LogP contribution in [0.1, 0.15) is 44.6 Å². The van der Waals surface area contributed by atoms with Gasteiger partial charge < -0.3 is 16.2 Å². The topological polar surface area (TPSA) is 84.1 Å². The molecule has 2 rings (SSSR count). The Hall–Kier alpha value is -1.36. The van der Waals surface area contributed by atoms with Crippen LogP contribution in [0.2, 0.25) is 0 Å². The van der Waals surface area contributed by atoms with Gasteiger partial charge >= 0.3 is 0 Å². The molecule has 1 aromatic rings. The number of hydrogen-bond donors (Lipinski definition) is 3. The molecule has 1 aromatic heterocycles. The van der Waals surface area contributed by atoms with Gasteiger partial charge in [0.25, 0.3) is 0 Å². The Bertz CT molecular complexity index is 402. The van der Waals surface area contributed by atoms with Crippen molar-refractivity contribution in [1.29, 1.82) is 0 Å². The second-order valence-corrected chi connectivity index (χ2v) is 5.06. The van der Waals surface area contributed by atoms with E-state index < -0.39 is 0 Å². The van der Waals surface area contributed by atoms with Gasteiger partial charge in [0.2, 0.25) is 0 Å². The molecule has 1 aliphatic carbocycles. The minimum Gasteiger partial charge on any atom is -0.394 e.